The Hall–Kier alpha value is -1.96. The first-order valence-corrected chi connectivity index (χ1v) is 7.24. The first-order chi connectivity index (χ1) is 10.1. The van der Waals surface area contributed by atoms with Crippen LogP contribution in [0.25, 0.3) is 0 Å². The molecule has 2 N–H and O–H groups in total. The second-order valence-electron chi connectivity index (χ2n) is 6.47. The van der Waals surface area contributed by atoms with E-state index in [-0.39, 0.29) is 29.1 Å². The number of aliphatic hydroxyl groups is 1. The van der Waals surface area contributed by atoms with Crippen molar-refractivity contribution in [1.29, 1.82) is 0 Å². The van der Waals surface area contributed by atoms with Gasteiger partial charge in [-0.3, -0.25) is 19.6 Å². The third-order valence-electron chi connectivity index (χ3n) is 3.21. The fourth-order valence-corrected chi connectivity index (χ4v) is 2.40. The average molecular weight is 312 g/mol. The van der Waals surface area contributed by atoms with Crippen molar-refractivity contribution in [2.75, 3.05) is 6.61 Å². The van der Waals surface area contributed by atoms with E-state index in [0.717, 1.165) is 0 Å². The molecule has 0 spiro atoms. The third kappa shape index (κ3) is 4.27. The van der Waals surface area contributed by atoms with Crippen molar-refractivity contribution in [1.82, 2.24) is 15.1 Å². The van der Waals surface area contributed by atoms with Gasteiger partial charge >= 0.3 is 5.69 Å². The average Bonchev–Trinajstić information content (AvgIpc) is 2.73. The highest BCUT2D eigenvalue weighted by Gasteiger charge is 2.31. The maximum Gasteiger partial charge on any atom is 0.322 e. The summed E-state index contributed by atoms with van der Waals surface area (Å²) in [5, 5.41) is 27.3. The normalized spacial score (nSPS) is 13.0. The van der Waals surface area contributed by atoms with E-state index in [2.05, 4.69) is 10.4 Å². The molecule has 0 aliphatic heterocycles. The summed E-state index contributed by atoms with van der Waals surface area (Å²) in [5.41, 5.74) is -0.245. The Labute approximate surface area is 129 Å². The third-order valence-corrected chi connectivity index (χ3v) is 3.21. The molecule has 0 bridgehead atoms. The Morgan fingerprint density at radius 2 is 2.09 bits per heavy atom. The van der Waals surface area contributed by atoms with Gasteiger partial charge in [0.1, 0.15) is 5.69 Å². The highest BCUT2D eigenvalue weighted by Crippen LogP contribution is 2.24. The van der Waals surface area contributed by atoms with E-state index in [0.29, 0.717) is 13.0 Å². The van der Waals surface area contributed by atoms with Crippen LogP contribution in [0.4, 0.5) is 5.69 Å². The Bertz CT molecular complexity index is 560. The molecule has 8 heteroatoms. The first-order valence-electron chi connectivity index (χ1n) is 7.24. The van der Waals surface area contributed by atoms with Crippen LogP contribution < -0.4 is 5.32 Å². The SMILES string of the molecule is CCn1nc(C)c([N+](=O)[O-])c1C(=O)NC(CO)CC(C)(C)C. The minimum absolute atomic E-state index is 0.0719. The Morgan fingerprint density at radius 3 is 2.50 bits per heavy atom. The first kappa shape index (κ1) is 18.1. The van der Waals surface area contributed by atoms with Crippen molar-refractivity contribution in [2.45, 2.75) is 53.6 Å². The number of carbonyl (C=O) groups excluding carboxylic acids is 1. The van der Waals surface area contributed by atoms with Gasteiger partial charge in [-0.2, -0.15) is 5.10 Å². The van der Waals surface area contributed by atoms with Gasteiger partial charge in [-0.15, -0.1) is 0 Å². The predicted molar refractivity (Wildman–Crippen MR) is 81.7 cm³/mol. The zero-order valence-corrected chi connectivity index (χ0v) is 13.7. The van der Waals surface area contributed by atoms with E-state index in [4.69, 9.17) is 0 Å². The fourth-order valence-electron chi connectivity index (χ4n) is 2.40. The Kier molecular flexibility index (Phi) is 5.65. The number of rotatable bonds is 6. The van der Waals surface area contributed by atoms with Crippen LogP contribution in [-0.4, -0.2) is 38.4 Å². The molecule has 1 atom stereocenters. The molecule has 0 aromatic carbocycles. The van der Waals surface area contributed by atoms with Gasteiger partial charge in [-0.05, 0) is 25.7 Å². The number of nitrogens with zero attached hydrogens (tertiary/aromatic N) is 3. The lowest BCUT2D eigenvalue weighted by atomic mass is 9.88. The van der Waals surface area contributed by atoms with Crippen molar-refractivity contribution >= 4 is 11.6 Å². The Morgan fingerprint density at radius 1 is 1.50 bits per heavy atom. The van der Waals surface area contributed by atoms with Crippen molar-refractivity contribution < 1.29 is 14.8 Å². The number of carbonyl (C=O) groups is 1. The van der Waals surface area contributed by atoms with Gasteiger partial charge in [0.25, 0.3) is 5.91 Å². The van der Waals surface area contributed by atoms with Crippen molar-refractivity contribution in [2.24, 2.45) is 5.41 Å². The van der Waals surface area contributed by atoms with E-state index in [1.807, 2.05) is 20.8 Å². The van der Waals surface area contributed by atoms with E-state index >= 15 is 0 Å². The lowest BCUT2D eigenvalue weighted by molar-refractivity contribution is -0.385. The molecule has 0 saturated heterocycles. The molecule has 1 heterocycles. The number of aryl methyl sites for hydroxylation is 2. The largest absolute Gasteiger partial charge is 0.394 e. The fraction of sp³-hybridized carbons (Fsp3) is 0.714. The molecule has 1 aromatic heterocycles. The Balaban J connectivity index is 3.09. The predicted octanol–water partition coefficient (Wildman–Crippen LogP) is 1.65. The van der Waals surface area contributed by atoms with Gasteiger partial charge in [0.15, 0.2) is 0 Å². The number of amides is 1. The summed E-state index contributed by atoms with van der Waals surface area (Å²) in [4.78, 5) is 23.0. The maximum atomic E-state index is 12.4. The van der Waals surface area contributed by atoms with Crippen LogP contribution in [0.3, 0.4) is 0 Å². The molecule has 1 rings (SSSR count). The van der Waals surface area contributed by atoms with Crippen LogP contribution in [0.15, 0.2) is 0 Å². The monoisotopic (exact) mass is 312 g/mol. The van der Waals surface area contributed by atoms with Crippen LogP contribution in [0, 0.1) is 22.5 Å². The molecule has 1 amide bonds. The molecular formula is C14H24N4O4. The minimum atomic E-state index is -0.596. The van der Waals surface area contributed by atoms with E-state index < -0.39 is 16.9 Å². The molecule has 22 heavy (non-hydrogen) atoms. The molecule has 0 aliphatic rings. The molecule has 0 saturated carbocycles. The second-order valence-corrected chi connectivity index (χ2v) is 6.47. The van der Waals surface area contributed by atoms with Crippen LogP contribution >= 0.6 is 0 Å². The molecule has 1 aromatic rings. The maximum absolute atomic E-state index is 12.4. The van der Waals surface area contributed by atoms with Crippen molar-refractivity contribution in [3.8, 4) is 0 Å². The van der Waals surface area contributed by atoms with Crippen molar-refractivity contribution in [3.63, 3.8) is 0 Å². The molecule has 124 valence electrons. The lowest BCUT2D eigenvalue weighted by Gasteiger charge is -2.25. The highest BCUT2D eigenvalue weighted by molar-refractivity contribution is 5.97. The smallest absolute Gasteiger partial charge is 0.322 e. The molecule has 0 radical (unpaired) electrons. The van der Waals surface area contributed by atoms with Crippen LogP contribution in [0.1, 0.15) is 50.3 Å². The van der Waals surface area contributed by atoms with Crippen LogP contribution in [0.2, 0.25) is 0 Å². The van der Waals surface area contributed by atoms with Gasteiger partial charge < -0.3 is 10.4 Å². The summed E-state index contributed by atoms with van der Waals surface area (Å²) in [7, 11) is 0. The quantitative estimate of drug-likeness (QED) is 0.613. The van der Waals surface area contributed by atoms with Gasteiger partial charge in [0.2, 0.25) is 5.69 Å². The number of aliphatic hydroxyl groups excluding tert-OH is 1. The number of hydrogen-bond acceptors (Lipinski definition) is 5. The number of nitro groups is 1. The summed E-state index contributed by atoms with van der Waals surface area (Å²) in [6, 6.07) is -0.465. The molecule has 0 fully saturated rings. The van der Waals surface area contributed by atoms with E-state index in [1.54, 1.807) is 6.92 Å². The summed E-state index contributed by atoms with van der Waals surface area (Å²) < 4.78 is 1.31. The number of hydrogen-bond donors (Lipinski definition) is 2. The molecule has 1 unspecified atom stereocenters. The summed E-state index contributed by atoms with van der Waals surface area (Å²) in [6.07, 6.45) is 0.558. The van der Waals surface area contributed by atoms with Gasteiger partial charge in [-0.1, -0.05) is 20.8 Å². The van der Waals surface area contributed by atoms with Crippen LogP contribution in [0.5, 0.6) is 0 Å². The van der Waals surface area contributed by atoms with E-state index in [9.17, 15) is 20.0 Å². The number of nitrogens with one attached hydrogen (secondary N) is 1. The summed E-state index contributed by atoms with van der Waals surface area (Å²) in [6.45, 7) is 9.35. The van der Waals surface area contributed by atoms with Crippen molar-refractivity contribution in [3.05, 3.63) is 21.5 Å². The van der Waals surface area contributed by atoms with Gasteiger partial charge in [-0.25, -0.2) is 0 Å². The lowest BCUT2D eigenvalue weighted by Crippen LogP contribution is -2.41. The molecule has 0 aliphatic carbocycles. The topological polar surface area (TPSA) is 110 Å². The second kappa shape index (κ2) is 6.87. The highest BCUT2D eigenvalue weighted by atomic mass is 16.6. The summed E-state index contributed by atoms with van der Waals surface area (Å²) >= 11 is 0. The standard InChI is InChI=1S/C14H24N4O4/c1-6-17-12(11(18(21)22)9(2)16-17)13(20)15-10(8-19)7-14(3,4)5/h10,19H,6-8H2,1-5H3,(H,15,20). The van der Waals surface area contributed by atoms with E-state index in [1.165, 1.54) is 11.6 Å². The van der Waals surface area contributed by atoms with Crippen LogP contribution in [-0.2, 0) is 6.54 Å². The minimum Gasteiger partial charge on any atom is -0.394 e. The zero-order chi connectivity index (χ0) is 17.1. The summed E-state index contributed by atoms with van der Waals surface area (Å²) in [5.74, 6) is -0.586. The number of aromatic nitrogens is 2. The zero-order valence-electron chi connectivity index (χ0n) is 13.7. The molecular weight excluding hydrogens is 288 g/mol. The molecule has 8 nitrogen and oxygen atoms in total. The van der Waals surface area contributed by atoms with Gasteiger partial charge in [0, 0.05) is 6.54 Å². The van der Waals surface area contributed by atoms with Gasteiger partial charge in [0.05, 0.1) is 17.6 Å².